The number of rotatable bonds is 3. The van der Waals surface area contributed by atoms with Gasteiger partial charge in [-0.1, -0.05) is 34.5 Å². The van der Waals surface area contributed by atoms with E-state index in [0.717, 1.165) is 9.35 Å². The third-order valence-electron chi connectivity index (χ3n) is 3.91. The second-order valence-electron chi connectivity index (χ2n) is 5.51. The molecule has 1 aliphatic carbocycles. The van der Waals surface area contributed by atoms with Gasteiger partial charge in [0.05, 0.1) is 6.10 Å². The minimum absolute atomic E-state index is 0.374. The lowest BCUT2D eigenvalue weighted by Crippen LogP contribution is -1.99. The maximum atomic E-state index is 10.5. The minimum atomic E-state index is -0.374. The van der Waals surface area contributed by atoms with Crippen LogP contribution < -0.4 is 0 Å². The molecular formula is C17H19BrOS. The Kier molecular flexibility index (Phi) is 4.59. The van der Waals surface area contributed by atoms with E-state index in [1.165, 1.54) is 48.1 Å². The van der Waals surface area contributed by atoms with E-state index in [4.69, 9.17) is 0 Å². The summed E-state index contributed by atoms with van der Waals surface area (Å²) in [6.45, 7) is 0. The molecule has 2 aromatic rings. The number of hydrogen-bond donors (Lipinski definition) is 1. The number of thiophene rings is 1. The van der Waals surface area contributed by atoms with Gasteiger partial charge in [-0.2, -0.15) is 0 Å². The molecule has 1 unspecified atom stereocenters. The summed E-state index contributed by atoms with van der Waals surface area (Å²) in [4.78, 5) is 2.64. The van der Waals surface area contributed by atoms with E-state index in [1.54, 1.807) is 0 Å². The predicted octanol–water partition coefficient (Wildman–Crippen LogP) is 5.06. The molecule has 1 N–H and O–H groups in total. The maximum Gasteiger partial charge on any atom is 0.0922 e. The molecule has 3 heteroatoms. The molecule has 1 nitrogen and oxygen atoms in total. The van der Waals surface area contributed by atoms with Crippen molar-refractivity contribution in [2.24, 2.45) is 0 Å². The van der Waals surface area contributed by atoms with Gasteiger partial charge < -0.3 is 5.11 Å². The molecule has 0 saturated heterocycles. The lowest BCUT2D eigenvalue weighted by molar-refractivity contribution is 0.182. The van der Waals surface area contributed by atoms with Gasteiger partial charge in [0.1, 0.15) is 0 Å². The van der Waals surface area contributed by atoms with Crippen LogP contribution in [-0.4, -0.2) is 5.11 Å². The zero-order valence-corrected chi connectivity index (χ0v) is 13.8. The van der Waals surface area contributed by atoms with Crippen LogP contribution in [0.2, 0.25) is 0 Å². The summed E-state index contributed by atoms with van der Waals surface area (Å²) in [5.74, 6) is 0. The summed E-state index contributed by atoms with van der Waals surface area (Å²) in [5.41, 5.74) is 2.66. The van der Waals surface area contributed by atoms with Crippen LogP contribution >= 0.6 is 27.3 Å². The van der Waals surface area contributed by atoms with Gasteiger partial charge in [0, 0.05) is 20.6 Å². The molecule has 1 heterocycles. The van der Waals surface area contributed by atoms with E-state index in [2.05, 4.69) is 34.1 Å². The van der Waals surface area contributed by atoms with Gasteiger partial charge >= 0.3 is 0 Å². The lowest BCUT2D eigenvalue weighted by Gasteiger charge is -2.09. The van der Waals surface area contributed by atoms with Gasteiger partial charge in [-0.15, -0.1) is 11.3 Å². The zero-order valence-electron chi connectivity index (χ0n) is 11.4. The molecule has 20 heavy (non-hydrogen) atoms. The van der Waals surface area contributed by atoms with Crippen molar-refractivity contribution in [3.63, 3.8) is 0 Å². The Balaban J connectivity index is 1.75. The summed E-state index contributed by atoms with van der Waals surface area (Å²) in [6.07, 6.45) is 6.65. The quantitative estimate of drug-likeness (QED) is 0.767. The average molecular weight is 351 g/mol. The molecule has 0 bridgehead atoms. The second kappa shape index (κ2) is 6.42. The van der Waals surface area contributed by atoms with Crippen molar-refractivity contribution >= 4 is 27.3 Å². The largest absolute Gasteiger partial charge is 0.387 e. The van der Waals surface area contributed by atoms with Gasteiger partial charge in [-0.25, -0.2) is 0 Å². The number of benzene rings is 1. The van der Waals surface area contributed by atoms with Crippen molar-refractivity contribution in [2.75, 3.05) is 0 Å². The van der Waals surface area contributed by atoms with Crippen LogP contribution in [0.15, 0.2) is 34.8 Å². The Labute approximate surface area is 132 Å². The monoisotopic (exact) mass is 350 g/mol. The minimum Gasteiger partial charge on any atom is -0.387 e. The van der Waals surface area contributed by atoms with Crippen LogP contribution in [0.4, 0.5) is 0 Å². The van der Waals surface area contributed by atoms with Crippen molar-refractivity contribution in [1.82, 2.24) is 0 Å². The first-order chi connectivity index (χ1) is 9.72. The Bertz CT molecular complexity index is 567. The van der Waals surface area contributed by atoms with Crippen LogP contribution in [0.3, 0.4) is 0 Å². The van der Waals surface area contributed by atoms with Crippen LogP contribution in [0.5, 0.6) is 0 Å². The third-order valence-corrected chi connectivity index (χ3v) is 5.74. The van der Waals surface area contributed by atoms with E-state index in [0.29, 0.717) is 6.42 Å². The van der Waals surface area contributed by atoms with E-state index in [-0.39, 0.29) is 6.10 Å². The zero-order chi connectivity index (χ0) is 13.9. The molecule has 106 valence electrons. The fourth-order valence-corrected chi connectivity index (χ4v) is 4.53. The number of aryl methyl sites for hydroxylation is 2. The summed E-state index contributed by atoms with van der Waals surface area (Å²) < 4.78 is 1.07. The predicted molar refractivity (Wildman–Crippen MR) is 88.4 cm³/mol. The normalized spacial score (nSPS) is 16.5. The Morgan fingerprint density at radius 1 is 1.15 bits per heavy atom. The van der Waals surface area contributed by atoms with Crippen LogP contribution in [0.25, 0.3) is 0 Å². The average Bonchev–Trinajstić information content (AvgIpc) is 2.70. The Hall–Kier alpha value is -0.640. The smallest absolute Gasteiger partial charge is 0.0922 e. The summed E-state index contributed by atoms with van der Waals surface area (Å²) in [7, 11) is 0. The third kappa shape index (κ3) is 3.33. The highest BCUT2D eigenvalue weighted by molar-refractivity contribution is 9.10. The van der Waals surface area contributed by atoms with Crippen molar-refractivity contribution in [2.45, 2.75) is 44.6 Å². The lowest BCUT2D eigenvalue weighted by atomic mass is 10.1. The molecule has 0 spiro atoms. The van der Waals surface area contributed by atoms with E-state index < -0.39 is 0 Å². The number of aliphatic hydroxyl groups is 1. The van der Waals surface area contributed by atoms with Crippen molar-refractivity contribution in [3.8, 4) is 0 Å². The van der Waals surface area contributed by atoms with Crippen molar-refractivity contribution in [3.05, 3.63) is 55.7 Å². The molecule has 0 saturated carbocycles. The van der Waals surface area contributed by atoms with Gasteiger partial charge in [0.25, 0.3) is 0 Å². The van der Waals surface area contributed by atoms with Crippen molar-refractivity contribution < 1.29 is 5.11 Å². The summed E-state index contributed by atoms with van der Waals surface area (Å²) >= 11 is 5.30. The molecule has 0 aliphatic heterocycles. The van der Waals surface area contributed by atoms with Gasteiger partial charge in [-0.3, -0.25) is 0 Å². The molecule has 1 aliphatic rings. The fourth-order valence-electron chi connectivity index (χ4n) is 2.84. The number of fused-ring (bicyclic) bond motifs is 1. The molecule has 1 atom stereocenters. The first-order valence-corrected chi connectivity index (χ1v) is 8.87. The van der Waals surface area contributed by atoms with Gasteiger partial charge in [-0.05, 0) is 55.0 Å². The van der Waals surface area contributed by atoms with Gasteiger partial charge in [0.2, 0.25) is 0 Å². The highest BCUT2D eigenvalue weighted by Gasteiger charge is 2.17. The van der Waals surface area contributed by atoms with Crippen LogP contribution in [0, 0.1) is 0 Å². The van der Waals surface area contributed by atoms with Crippen molar-refractivity contribution in [1.29, 1.82) is 0 Å². The SMILES string of the molecule is OC(Cc1cccc(Br)c1)c1cc2c(s1)CCCCC2. The van der Waals surface area contributed by atoms with E-state index in [9.17, 15) is 5.11 Å². The maximum absolute atomic E-state index is 10.5. The first kappa shape index (κ1) is 14.3. The summed E-state index contributed by atoms with van der Waals surface area (Å²) in [5, 5.41) is 10.5. The number of halogens is 1. The number of hydrogen-bond acceptors (Lipinski definition) is 2. The first-order valence-electron chi connectivity index (χ1n) is 7.26. The highest BCUT2D eigenvalue weighted by Crippen LogP contribution is 2.33. The molecule has 1 aromatic heterocycles. The molecule has 3 rings (SSSR count). The highest BCUT2D eigenvalue weighted by atomic mass is 79.9. The molecule has 0 fully saturated rings. The second-order valence-corrected chi connectivity index (χ2v) is 7.59. The summed E-state index contributed by atoms with van der Waals surface area (Å²) in [6, 6.07) is 10.4. The standard InChI is InChI=1S/C17H19BrOS/c18-14-7-4-5-12(9-14)10-15(19)17-11-13-6-2-1-3-8-16(13)20-17/h4-5,7,9,11,15,19H,1-3,6,8,10H2. The Morgan fingerprint density at radius 3 is 2.85 bits per heavy atom. The topological polar surface area (TPSA) is 20.2 Å². The Morgan fingerprint density at radius 2 is 2.00 bits per heavy atom. The van der Waals surface area contributed by atoms with Crippen LogP contribution in [0.1, 0.15) is 46.2 Å². The van der Waals surface area contributed by atoms with E-state index >= 15 is 0 Å². The number of aliphatic hydroxyl groups excluding tert-OH is 1. The fraction of sp³-hybridized carbons (Fsp3) is 0.412. The van der Waals surface area contributed by atoms with Gasteiger partial charge in [0.15, 0.2) is 0 Å². The van der Waals surface area contributed by atoms with Crippen LogP contribution in [-0.2, 0) is 19.3 Å². The van der Waals surface area contributed by atoms with E-state index in [1.807, 2.05) is 23.5 Å². The molecule has 0 radical (unpaired) electrons. The molecule has 1 aromatic carbocycles. The molecular weight excluding hydrogens is 332 g/mol. The molecule has 0 amide bonds.